The van der Waals surface area contributed by atoms with E-state index < -0.39 is 23.1 Å². The maximum Gasteiger partial charge on any atom is 0.261 e. The molecule has 23 heavy (non-hydrogen) atoms. The van der Waals surface area contributed by atoms with Gasteiger partial charge in [-0.15, -0.1) is 0 Å². The van der Waals surface area contributed by atoms with Crippen LogP contribution in [0.25, 0.3) is 6.08 Å². The molecule has 5 heteroatoms. The molecule has 1 N–H and O–H groups in total. The van der Waals surface area contributed by atoms with Crippen molar-refractivity contribution in [3.8, 4) is 6.07 Å². The lowest BCUT2D eigenvalue weighted by atomic mass is 10.1. The predicted octanol–water partition coefficient (Wildman–Crippen LogP) is 3.23. The second-order valence-corrected chi connectivity index (χ2v) is 4.80. The van der Waals surface area contributed by atoms with Crippen LogP contribution in [0.5, 0.6) is 0 Å². The quantitative estimate of drug-likeness (QED) is 0.681. The van der Waals surface area contributed by atoms with E-state index in [9.17, 15) is 13.6 Å². The minimum Gasteiger partial charge on any atom is -0.351 e. The zero-order valence-corrected chi connectivity index (χ0v) is 12.2. The fourth-order valence-corrected chi connectivity index (χ4v) is 2.00. The van der Waals surface area contributed by atoms with Gasteiger partial charge < -0.3 is 5.32 Å². The molecule has 0 aromatic heterocycles. The van der Waals surface area contributed by atoms with Gasteiger partial charge in [0, 0.05) is 12.1 Å². The highest BCUT2D eigenvalue weighted by Crippen LogP contribution is 2.15. The normalized spacial score (nSPS) is 10.9. The van der Waals surface area contributed by atoms with Crippen LogP contribution in [0.1, 0.15) is 11.1 Å². The zero-order chi connectivity index (χ0) is 16.7. The predicted molar refractivity (Wildman–Crippen MR) is 83.1 cm³/mol. The van der Waals surface area contributed by atoms with E-state index >= 15 is 0 Å². The molecule has 0 aliphatic heterocycles. The Morgan fingerprint density at radius 3 is 2.35 bits per heavy atom. The molecule has 3 nitrogen and oxygen atoms in total. The highest BCUT2D eigenvalue weighted by Gasteiger charge is 2.12. The third-order valence-electron chi connectivity index (χ3n) is 3.20. The summed E-state index contributed by atoms with van der Waals surface area (Å²) in [5.41, 5.74) is 0.291. The number of amides is 1. The summed E-state index contributed by atoms with van der Waals surface area (Å²) in [6, 6.07) is 14.5. The maximum absolute atomic E-state index is 13.6. The van der Waals surface area contributed by atoms with Crippen LogP contribution in [-0.4, -0.2) is 12.5 Å². The smallest absolute Gasteiger partial charge is 0.261 e. The first-order valence-corrected chi connectivity index (χ1v) is 6.99. The molecule has 1 amide bonds. The average Bonchev–Trinajstić information content (AvgIpc) is 2.55. The first-order chi connectivity index (χ1) is 11.1. The van der Waals surface area contributed by atoms with Crippen LogP contribution in [0.2, 0.25) is 0 Å². The Morgan fingerprint density at radius 1 is 1.09 bits per heavy atom. The van der Waals surface area contributed by atoms with Crippen LogP contribution in [0, 0.1) is 23.0 Å². The minimum atomic E-state index is -0.824. The van der Waals surface area contributed by atoms with Gasteiger partial charge in [0.05, 0.1) is 0 Å². The molecule has 116 valence electrons. The summed E-state index contributed by atoms with van der Waals surface area (Å²) in [6.07, 6.45) is 1.52. The molecular weight excluding hydrogens is 298 g/mol. The summed E-state index contributed by atoms with van der Waals surface area (Å²) in [5.74, 6) is -2.31. The number of nitrogens with zero attached hydrogens (tertiary/aromatic N) is 1. The Morgan fingerprint density at radius 2 is 1.74 bits per heavy atom. The van der Waals surface area contributed by atoms with Gasteiger partial charge in [-0.2, -0.15) is 5.26 Å². The summed E-state index contributed by atoms with van der Waals surface area (Å²) >= 11 is 0. The van der Waals surface area contributed by atoms with Gasteiger partial charge in [0.15, 0.2) is 0 Å². The largest absolute Gasteiger partial charge is 0.351 e. The number of benzene rings is 2. The lowest BCUT2D eigenvalue weighted by molar-refractivity contribution is -0.117. The van der Waals surface area contributed by atoms with Crippen molar-refractivity contribution in [3.05, 3.63) is 76.9 Å². The van der Waals surface area contributed by atoms with E-state index in [-0.39, 0.29) is 5.57 Å². The molecule has 0 saturated carbocycles. The van der Waals surface area contributed by atoms with E-state index in [1.807, 2.05) is 30.3 Å². The summed E-state index contributed by atoms with van der Waals surface area (Å²) in [6.45, 7) is 0.321. The summed E-state index contributed by atoms with van der Waals surface area (Å²) < 4.78 is 27.1. The molecule has 0 aliphatic carbocycles. The van der Waals surface area contributed by atoms with Crippen LogP contribution in [0.15, 0.2) is 54.1 Å². The zero-order valence-electron chi connectivity index (χ0n) is 12.2. The van der Waals surface area contributed by atoms with Crippen LogP contribution in [0.3, 0.4) is 0 Å². The van der Waals surface area contributed by atoms with Crippen molar-refractivity contribution in [2.24, 2.45) is 0 Å². The molecule has 0 fully saturated rings. The summed E-state index contributed by atoms with van der Waals surface area (Å²) in [4.78, 5) is 11.9. The van der Waals surface area contributed by atoms with E-state index in [1.54, 1.807) is 6.07 Å². The number of halogens is 2. The van der Waals surface area contributed by atoms with Crippen LogP contribution in [-0.2, 0) is 11.2 Å². The molecular formula is C18H14F2N2O. The number of rotatable bonds is 5. The molecule has 2 aromatic carbocycles. The standard InChI is InChI=1S/C18H14F2N2O/c19-16-7-4-8-17(20)15(16)11-14(12-21)18(23)22-10-9-13-5-2-1-3-6-13/h1-8,11H,9-10H2,(H,22,23). The highest BCUT2D eigenvalue weighted by atomic mass is 19.1. The fourth-order valence-electron chi connectivity index (χ4n) is 2.00. The molecule has 0 unspecified atom stereocenters. The van der Waals surface area contributed by atoms with Gasteiger partial charge in [-0.3, -0.25) is 4.79 Å². The number of carbonyl (C=O) groups excluding carboxylic acids is 1. The number of carbonyl (C=O) groups is 1. The van der Waals surface area contributed by atoms with E-state index in [1.165, 1.54) is 6.07 Å². The Kier molecular flexibility index (Phi) is 5.59. The molecule has 0 radical (unpaired) electrons. The molecule has 2 aromatic rings. The summed E-state index contributed by atoms with van der Waals surface area (Å²) in [5, 5.41) is 11.6. The SMILES string of the molecule is N#CC(=Cc1c(F)cccc1F)C(=O)NCCc1ccccc1. The second kappa shape index (κ2) is 7.85. The van der Waals surface area contributed by atoms with Crippen molar-refractivity contribution >= 4 is 12.0 Å². The van der Waals surface area contributed by atoms with Crippen LogP contribution in [0.4, 0.5) is 8.78 Å². The van der Waals surface area contributed by atoms with Gasteiger partial charge in [-0.1, -0.05) is 36.4 Å². The fraction of sp³-hybridized carbons (Fsp3) is 0.111. The summed E-state index contributed by atoms with van der Waals surface area (Å²) in [7, 11) is 0. The van der Waals surface area contributed by atoms with Crippen LogP contribution < -0.4 is 5.32 Å². The first-order valence-electron chi connectivity index (χ1n) is 6.99. The number of hydrogen-bond acceptors (Lipinski definition) is 2. The minimum absolute atomic E-state index is 0.321. The van der Waals surface area contributed by atoms with E-state index in [2.05, 4.69) is 5.32 Å². The van der Waals surface area contributed by atoms with Gasteiger partial charge in [-0.25, -0.2) is 8.78 Å². The van der Waals surface area contributed by atoms with Gasteiger partial charge in [0.1, 0.15) is 23.3 Å². The Bertz CT molecular complexity index is 744. The monoisotopic (exact) mass is 312 g/mol. The van der Waals surface area contributed by atoms with Gasteiger partial charge >= 0.3 is 0 Å². The van der Waals surface area contributed by atoms with E-state index in [4.69, 9.17) is 5.26 Å². The average molecular weight is 312 g/mol. The van der Waals surface area contributed by atoms with E-state index in [0.717, 1.165) is 23.8 Å². The maximum atomic E-state index is 13.6. The first kappa shape index (κ1) is 16.4. The van der Waals surface area contributed by atoms with Gasteiger partial charge in [-0.05, 0) is 30.2 Å². The van der Waals surface area contributed by atoms with Crippen molar-refractivity contribution < 1.29 is 13.6 Å². The van der Waals surface area contributed by atoms with E-state index in [0.29, 0.717) is 13.0 Å². The Balaban J connectivity index is 2.04. The molecule has 0 saturated heterocycles. The number of nitrogens with one attached hydrogen (secondary N) is 1. The molecule has 0 spiro atoms. The van der Waals surface area contributed by atoms with Crippen LogP contribution >= 0.6 is 0 Å². The van der Waals surface area contributed by atoms with Crippen molar-refractivity contribution in [2.75, 3.05) is 6.54 Å². The molecule has 0 aliphatic rings. The Labute approximate surface area is 132 Å². The van der Waals surface area contributed by atoms with Crippen molar-refractivity contribution in [1.29, 1.82) is 5.26 Å². The Hall–Kier alpha value is -3.00. The second-order valence-electron chi connectivity index (χ2n) is 4.80. The molecule has 0 atom stereocenters. The van der Waals surface area contributed by atoms with Crippen molar-refractivity contribution in [2.45, 2.75) is 6.42 Å². The van der Waals surface area contributed by atoms with Crippen molar-refractivity contribution in [1.82, 2.24) is 5.32 Å². The van der Waals surface area contributed by atoms with Gasteiger partial charge in [0.2, 0.25) is 0 Å². The lowest BCUT2D eigenvalue weighted by Gasteiger charge is -2.05. The topological polar surface area (TPSA) is 52.9 Å². The third-order valence-corrected chi connectivity index (χ3v) is 3.20. The molecule has 0 bridgehead atoms. The molecule has 0 heterocycles. The lowest BCUT2D eigenvalue weighted by Crippen LogP contribution is -2.26. The number of hydrogen-bond donors (Lipinski definition) is 1. The highest BCUT2D eigenvalue weighted by molar-refractivity contribution is 6.01. The number of nitriles is 1. The van der Waals surface area contributed by atoms with Gasteiger partial charge in [0.25, 0.3) is 5.91 Å². The third kappa shape index (κ3) is 4.48. The molecule has 2 rings (SSSR count). The van der Waals surface area contributed by atoms with Crippen molar-refractivity contribution in [3.63, 3.8) is 0 Å².